The summed E-state index contributed by atoms with van der Waals surface area (Å²) in [6, 6.07) is 9.92. The van der Waals surface area contributed by atoms with Crippen molar-refractivity contribution >= 4 is 33.7 Å². The minimum atomic E-state index is -0.00167. The summed E-state index contributed by atoms with van der Waals surface area (Å²) >= 11 is 3.15. The molecule has 25 heavy (non-hydrogen) atoms. The van der Waals surface area contributed by atoms with Gasteiger partial charge < -0.3 is 10.1 Å². The molecule has 4 nitrogen and oxygen atoms in total. The van der Waals surface area contributed by atoms with E-state index in [2.05, 4.69) is 21.7 Å². The molecule has 3 aromatic rings. The summed E-state index contributed by atoms with van der Waals surface area (Å²) in [6.45, 7) is 4.63. The number of hydrogen-bond donors (Lipinski definition) is 1. The molecule has 0 bridgehead atoms. The van der Waals surface area contributed by atoms with Crippen LogP contribution in [-0.4, -0.2) is 17.5 Å². The number of aromatic nitrogens is 1. The average molecular weight is 373 g/mol. The first-order chi connectivity index (χ1) is 12.2. The number of carbonyl (C=O) groups is 1. The molecule has 0 aliphatic heterocycles. The molecule has 0 fully saturated rings. The zero-order valence-corrected chi connectivity index (χ0v) is 15.9. The molecule has 1 aromatic carbocycles. The van der Waals surface area contributed by atoms with E-state index in [4.69, 9.17) is 4.74 Å². The number of thiazole rings is 1. The van der Waals surface area contributed by atoms with Crippen molar-refractivity contribution in [2.24, 2.45) is 0 Å². The third kappa shape index (κ3) is 4.67. The fraction of sp³-hybridized carbons (Fsp3) is 0.263. The van der Waals surface area contributed by atoms with Gasteiger partial charge in [0.25, 0.3) is 0 Å². The van der Waals surface area contributed by atoms with Crippen LogP contribution < -0.4 is 10.1 Å². The van der Waals surface area contributed by atoms with E-state index in [0.29, 0.717) is 18.2 Å². The standard InChI is InChI=1S/C19H20N2O2S2/c1-3-23-16-7-5-15(6-8-16)18-13(2)25-19(21-18)20-17(22)9-4-14-10-11-24-12-14/h5-8,10-12H,3-4,9H2,1-2H3,(H,20,21,22). The molecule has 0 radical (unpaired) electrons. The molecule has 1 amide bonds. The number of nitrogens with zero attached hydrogens (tertiary/aromatic N) is 1. The van der Waals surface area contributed by atoms with Crippen LogP contribution in [0, 0.1) is 6.92 Å². The predicted octanol–water partition coefficient (Wildman–Crippen LogP) is 5.15. The Bertz CT molecular complexity index is 824. The Morgan fingerprint density at radius 1 is 1.24 bits per heavy atom. The van der Waals surface area contributed by atoms with Gasteiger partial charge in [0.05, 0.1) is 12.3 Å². The van der Waals surface area contributed by atoms with Crippen LogP contribution in [0.2, 0.25) is 0 Å². The van der Waals surface area contributed by atoms with Crippen molar-refractivity contribution in [2.45, 2.75) is 26.7 Å². The number of rotatable bonds is 7. The first-order valence-electron chi connectivity index (χ1n) is 8.17. The maximum Gasteiger partial charge on any atom is 0.226 e. The summed E-state index contributed by atoms with van der Waals surface area (Å²) in [5, 5.41) is 7.67. The molecule has 0 aliphatic carbocycles. The topological polar surface area (TPSA) is 51.2 Å². The Morgan fingerprint density at radius 2 is 2.04 bits per heavy atom. The summed E-state index contributed by atoms with van der Waals surface area (Å²) < 4.78 is 5.47. The number of anilines is 1. The smallest absolute Gasteiger partial charge is 0.226 e. The van der Waals surface area contributed by atoms with Crippen LogP contribution in [0.3, 0.4) is 0 Å². The molecular weight excluding hydrogens is 352 g/mol. The minimum absolute atomic E-state index is 0.00167. The zero-order valence-electron chi connectivity index (χ0n) is 14.2. The van der Waals surface area contributed by atoms with E-state index < -0.39 is 0 Å². The maximum absolute atomic E-state index is 12.1. The van der Waals surface area contributed by atoms with Gasteiger partial charge in [0, 0.05) is 16.9 Å². The van der Waals surface area contributed by atoms with Crippen LogP contribution in [-0.2, 0) is 11.2 Å². The molecule has 1 N–H and O–H groups in total. The normalized spacial score (nSPS) is 10.6. The average Bonchev–Trinajstić information content (AvgIpc) is 3.24. The number of aryl methyl sites for hydroxylation is 2. The van der Waals surface area contributed by atoms with Crippen LogP contribution in [0.15, 0.2) is 41.1 Å². The van der Waals surface area contributed by atoms with Gasteiger partial charge in [-0.1, -0.05) is 0 Å². The molecule has 0 aliphatic rings. The second-order valence-electron chi connectivity index (χ2n) is 5.56. The van der Waals surface area contributed by atoms with Crippen LogP contribution in [0.4, 0.5) is 5.13 Å². The van der Waals surface area contributed by atoms with Crippen molar-refractivity contribution in [3.63, 3.8) is 0 Å². The second-order valence-corrected chi connectivity index (χ2v) is 7.54. The Kier molecular flexibility index (Phi) is 5.83. The second kappa shape index (κ2) is 8.27. The molecular formula is C19H20N2O2S2. The Hall–Kier alpha value is -2.18. The summed E-state index contributed by atoms with van der Waals surface area (Å²) in [5.41, 5.74) is 3.13. The lowest BCUT2D eigenvalue weighted by atomic mass is 10.1. The number of ether oxygens (including phenoxy) is 1. The van der Waals surface area contributed by atoms with Crippen LogP contribution in [0.25, 0.3) is 11.3 Å². The Balaban J connectivity index is 1.64. The van der Waals surface area contributed by atoms with Gasteiger partial charge in [0.15, 0.2) is 5.13 Å². The molecule has 0 unspecified atom stereocenters. The molecule has 3 rings (SSSR count). The fourth-order valence-electron chi connectivity index (χ4n) is 2.47. The molecule has 6 heteroatoms. The molecule has 130 valence electrons. The lowest BCUT2D eigenvalue weighted by Gasteiger charge is -2.04. The van der Waals surface area contributed by atoms with Crippen molar-refractivity contribution in [3.8, 4) is 17.0 Å². The fourth-order valence-corrected chi connectivity index (χ4v) is 4.02. The van der Waals surface area contributed by atoms with E-state index in [0.717, 1.165) is 28.3 Å². The molecule has 2 aromatic heterocycles. The van der Waals surface area contributed by atoms with E-state index in [-0.39, 0.29) is 5.91 Å². The lowest BCUT2D eigenvalue weighted by molar-refractivity contribution is -0.116. The van der Waals surface area contributed by atoms with E-state index in [1.165, 1.54) is 16.9 Å². The molecule has 0 spiro atoms. The summed E-state index contributed by atoms with van der Waals surface area (Å²) in [4.78, 5) is 17.8. The largest absolute Gasteiger partial charge is 0.494 e. The first kappa shape index (κ1) is 17.6. The highest BCUT2D eigenvalue weighted by atomic mass is 32.1. The molecule has 0 atom stereocenters. The SMILES string of the molecule is CCOc1ccc(-c2nc(NC(=O)CCc3ccsc3)sc2C)cc1. The summed E-state index contributed by atoms with van der Waals surface area (Å²) in [7, 11) is 0. The van der Waals surface area contributed by atoms with Crippen molar-refractivity contribution < 1.29 is 9.53 Å². The van der Waals surface area contributed by atoms with Crippen molar-refractivity contribution in [1.82, 2.24) is 4.98 Å². The highest BCUT2D eigenvalue weighted by Gasteiger charge is 2.12. The summed E-state index contributed by atoms with van der Waals surface area (Å²) in [5.74, 6) is 0.847. The van der Waals surface area contributed by atoms with Gasteiger partial charge in [0.1, 0.15) is 5.75 Å². The number of carbonyl (C=O) groups excluding carboxylic acids is 1. The lowest BCUT2D eigenvalue weighted by Crippen LogP contribution is -2.11. The maximum atomic E-state index is 12.1. The van der Waals surface area contributed by atoms with Crippen LogP contribution in [0.1, 0.15) is 23.8 Å². The summed E-state index contributed by atoms with van der Waals surface area (Å²) in [6.07, 6.45) is 1.22. The van der Waals surface area contributed by atoms with Gasteiger partial charge in [-0.3, -0.25) is 4.79 Å². The van der Waals surface area contributed by atoms with Gasteiger partial charge in [-0.25, -0.2) is 4.98 Å². The number of amides is 1. The number of thiophene rings is 1. The highest BCUT2D eigenvalue weighted by Crippen LogP contribution is 2.31. The van der Waals surface area contributed by atoms with Gasteiger partial charge in [0.2, 0.25) is 5.91 Å². The quantitative estimate of drug-likeness (QED) is 0.624. The Morgan fingerprint density at radius 3 is 2.72 bits per heavy atom. The minimum Gasteiger partial charge on any atom is -0.494 e. The van der Waals surface area contributed by atoms with E-state index in [1.807, 2.05) is 43.5 Å². The van der Waals surface area contributed by atoms with Gasteiger partial charge >= 0.3 is 0 Å². The van der Waals surface area contributed by atoms with Crippen molar-refractivity contribution in [1.29, 1.82) is 0 Å². The van der Waals surface area contributed by atoms with Crippen LogP contribution in [0.5, 0.6) is 5.75 Å². The zero-order chi connectivity index (χ0) is 17.6. The third-order valence-corrected chi connectivity index (χ3v) is 5.32. The molecule has 0 saturated heterocycles. The van der Waals surface area contributed by atoms with Crippen molar-refractivity contribution in [2.75, 3.05) is 11.9 Å². The number of benzene rings is 1. The van der Waals surface area contributed by atoms with Crippen LogP contribution >= 0.6 is 22.7 Å². The number of nitrogens with one attached hydrogen (secondary N) is 1. The number of hydrogen-bond acceptors (Lipinski definition) is 5. The van der Waals surface area contributed by atoms with Gasteiger partial charge in [-0.15, -0.1) is 11.3 Å². The van der Waals surface area contributed by atoms with E-state index in [1.54, 1.807) is 11.3 Å². The molecule has 2 heterocycles. The predicted molar refractivity (Wildman–Crippen MR) is 105 cm³/mol. The first-order valence-corrected chi connectivity index (χ1v) is 9.93. The Labute approximate surface area is 155 Å². The molecule has 0 saturated carbocycles. The highest BCUT2D eigenvalue weighted by molar-refractivity contribution is 7.16. The van der Waals surface area contributed by atoms with E-state index in [9.17, 15) is 4.79 Å². The van der Waals surface area contributed by atoms with Gasteiger partial charge in [-0.2, -0.15) is 11.3 Å². The van der Waals surface area contributed by atoms with Crippen molar-refractivity contribution in [3.05, 3.63) is 51.5 Å². The van der Waals surface area contributed by atoms with Gasteiger partial charge in [-0.05, 0) is 66.9 Å². The monoisotopic (exact) mass is 372 g/mol. The third-order valence-electron chi connectivity index (χ3n) is 3.70. The van der Waals surface area contributed by atoms with E-state index >= 15 is 0 Å².